The topological polar surface area (TPSA) is 29.5 Å². The van der Waals surface area contributed by atoms with Crippen LogP contribution in [0, 0.1) is 0 Å². The second-order valence-corrected chi connectivity index (χ2v) is 3.98. The van der Waals surface area contributed by atoms with E-state index in [1.807, 2.05) is 17.8 Å². The smallest absolute Gasteiger partial charge is 0.0698 e. The molecule has 0 saturated heterocycles. The van der Waals surface area contributed by atoms with E-state index < -0.39 is 0 Å². The lowest BCUT2D eigenvalue weighted by atomic mass is 10.2. The van der Waals surface area contributed by atoms with Gasteiger partial charge in [-0.05, 0) is 5.56 Å². The molecule has 1 rings (SSSR count). The summed E-state index contributed by atoms with van der Waals surface area (Å²) in [5, 5.41) is 8.47. The number of aliphatic hydroxyl groups excluding tert-OH is 1. The third-order valence-corrected chi connectivity index (χ3v) is 2.71. The van der Waals surface area contributed by atoms with Gasteiger partial charge in [0.2, 0.25) is 0 Å². The molecule has 1 N–H and O–H groups in total. The van der Waals surface area contributed by atoms with Crippen molar-refractivity contribution in [2.75, 3.05) is 25.6 Å². The first-order chi connectivity index (χ1) is 6.93. The molecule has 0 saturated carbocycles. The lowest BCUT2D eigenvalue weighted by Crippen LogP contribution is -2.02. The maximum atomic E-state index is 8.47. The largest absolute Gasteiger partial charge is 0.394 e. The highest BCUT2D eigenvalue weighted by molar-refractivity contribution is 7.98. The van der Waals surface area contributed by atoms with Crippen LogP contribution in [0.15, 0.2) is 30.3 Å². The van der Waals surface area contributed by atoms with Crippen molar-refractivity contribution in [2.45, 2.75) is 5.75 Å². The number of thioether (sulfide) groups is 1. The number of rotatable bonds is 7. The number of benzene rings is 1. The first kappa shape index (κ1) is 11.6. The van der Waals surface area contributed by atoms with Gasteiger partial charge < -0.3 is 9.84 Å². The van der Waals surface area contributed by atoms with Crippen molar-refractivity contribution in [3.63, 3.8) is 0 Å². The van der Waals surface area contributed by atoms with Gasteiger partial charge in [0, 0.05) is 11.5 Å². The molecule has 0 bridgehead atoms. The van der Waals surface area contributed by atoms with Gasteiger partial charge in [0.1, 0.15) is 0 Å². The van der Waals surface area contributed by atoms with Crippen molar-refractivity contribution in [3.05, 3.63) is 35.9 Å². The van der Waals surface area contributed by atoms with Crippen LogP contribution >= 0.6 is 11.8 Å². The molecule has 1 aromatic carbocycles. The Hall–Kier alpha value is -0.510. The number of hydrogen-bond acceptors (Lipinski definition) is 3. The number of ether oxygens (including phenoxy) is 1. The molecule has 0 unspecified atom stereocenters. The normalized spacial score (nSPS) is 10.4. The highest BCUT2D eigenvalue weighted by atomic mass is 32.2. The molecular weight excluding hydrogens is 196 g/mol. The second kappa shape index (κ2) is 7.85. The van der Waals surface area contributed by atoms with Crippen LogP contribution in [0.3, 0.4) is 0 Å². The molecule has 0 aliphatic heterocycles. The fraction of sp³-hybridized carbons (Fsp3) is 0.455. The molecule has 0 heterocycles. The maximum absolute atomic E-state index is 8.47. The molecule has 1 aromatic rings. The number of aliphatic hydroxyl groups is 1. The molecule has 0 spiro atoms. The molecule has 14 heavy (non-hydrogen) atoms. The Kier molecular flexibility index (Phi) is 6.49. The molecule has 0 atom stereocenters. The lowest BCUT2D eigenvalue weighted by Gasteiger charge is -2.02. The minimum Gasteiger partial charge on any atom is -0.394 e. The molecule has 0 aliphatic rings. The fourth-order valence-corrected chi connectivity index (χ4v) is 1.86. The number of hydrogen-bond donors (Lipinski definition) is 1. The first-order valence-electron chi connectivity index (χ1n) is 4.74. The van der Waals surface area contributed by atoms with E-state index in [9.17, 15) is 0 Å². The molecule has 0 aliphatic carbocycles. The average Bonchev–Trinajstić information content (AvgIpc) is 2.25. The van der Waals surface area contributed by atoms with Crippen molar-refractivity contribution in [1.29, 1.82) is 0 Å². The zero-order valence-corrected chi connectivity index (χ0v) is 9.00. The summed E-state index contributed by atoms with van der Waals surface area (Å²) >= 11 is 1.85. The van der Waals surface area contributed by atoms with E-state index in [4.69, 9.17) is 9.84 Å². The SMILES string of the molecule is OCCOCCSCc1ccccc1. The Morgan fingerprint density at radius 1 is 1.14 bits per heavy atom. The zero-order valence-electron chi connectivity index (χ0n) is 8.19. The summed E-state index contributed by atoms with van der Waals surface area (Å²) in [6.45, 7) is 1.29. The molecule has 2 nitrogen and oxygen atoms in total. The summed E-state index contributed by atoms with van der Waals surface area (Å²) in [6.07, 6.45) is 0. The monoisotopic (exact) mass is 212 g/mol. The van der Waals surface area contributed by atoms with Gasteiger partial charge in [-0.15, -0.1) is 0 Å². The van der Waals surface area contributed by atoms with Crippen LogP contribution < -0.4 is 0 Å². The van der Waals surface area contributed by atoms with E-state index >= 15 is 0 Å². The quantitative estimate of drug-likeness (QED) is 0.700. The van der Waals surface area contributed by atoms with Gasteiger partial charge in [-0.2, -0.15) is 11.8 Å². The molecule has 0 radical (unpaired) electrons. The van der Waals surface area contributed by atoms with E-state index in [2.05, 4.69) is 24.3 Å². The molecule has 78 valence electrons. The summed E-state index contributed by atoms with van der Waals surface area (Å²) in [5.74, 6) is 2.01. The standard InChI is InChI=1S/C11H16O2S/c12-6-7-13-8-9-14-10-11-4-2-1-3-5-11/h1-5,12H,6-10H2. The molecule has 3 heteroatoms. The molecule has 0 fully saturated rings. The predicted molar refractivity (Wildman–Crippen MR) is 60.5 cm³/mol. The summed E-state index contributed by atoms with van der Waals surface area (Å²) in [5.41, 5.74) is 1.35. The van der Waals surface area contributed by atoms with Gasteiger partial charge in [-0.3, -0.25) is 0 Å². The summed E-state index contributed by atoms with van der Waals surface area (Å²) < 4.78 is 5.15. The van der Waals surface area contributed by atoms with Gasteiger partial charge in [0.25, 0.3) is 0 Å². The molecule has 0 amide bonds. The molecule has 0 aromatic heterocycles. The third kappa shape index (κ3) is 5.27. The van der Waals surface area contributed by atoms with E-state index in [0.717, 1.165) is 18.1 Å². The van der Waals surface area contributed by atoms with Gasteiger partial charge in [0.05, 0.1) is 19.8 Å². The second-order valence-electron chi connectivity index (χ2n) is 2.87. The van der Waals surface area contributed by atoms with Crippen LogP contribution in [0.5, 0.6) is 0 Å². The van der Waals surface area contributed by atoms with Gasteiger partial charge in [0.15, 0.2) is 0 Å². The highest BCUT2D eigenvalue weighted by Gasteiger charge is 1.92. The van der Waals surface area contributed by atoms with Crippen LogP contribution in [-0.2, 0) is 10.5 Å². The maximum Gasteiger partial charge on any atom is 0.0698 e. The van der Waals surface area contributed by atoms with Gasteiger partial charge in [-0.1, -0.05) is 30.3 Å². The Morgan fingerprint density at radius 3 is 2.64 bits per heavy atom. The summed E-state index contributed by atoms with van der Waals surface area (Å²) in [7, 11) is 0. The van der Waals surface area contributed by atoms with Crippen LogP contribution in [0.25, 0.3) is 0 Å². The minimum atomic E-state index is 0.114. The zero-order chi connectivity index (χ0) is 10.1. The minimum absolute atomic E-state index is 0.114. The third-order valence-electron chi connectivity index (χ3n) is 1.72. The Bertz CT molecular complexity index is 226. The van der Waals surface area contributed by atoms with E-state index in [0.29, 0.717) is 6.61 Å². The summed E-state index contributed by atoms with van der Waals surface area (Å²) in [4.78, 5) is 0. The van der Waals surface area contributed by atoms with Crippen molar-refractivity contribution in [1.82, 2.24) is 0 Å². The van der Waals surface area contributed by atoms with Crippen LogP contribution in [0.1, 0.15) is 5.56 Å². The lowest BCUT2D eigenvalue weighted by molar-refractivity contribution is 0.103. The highest BCUT2D eigenvalue weighted by Crippen LogP contribution is 2.10. The Morgan fingerprint density at radius 2 is 1.93 bits per heavy atom. The average molecular weight is 212 g/mol. The van der Waals surface area contributed by atoms with Crippen LogP contribution in [-0.4, -0.2) is 30.7 Å². The van der Waals surface area contributed by atoms with E-state index in [1.54, 1.807) is 0 Å². The van der Waals surface area contributed by atoms with Gasteiger partial charge in [-0.25, -0.2) is 0 Å². The van der Waals surface area contributed by atoms with E-state index in [-0.39, 0.29) is 6.61 Å². The predicted octanol–water partition coefficient (Wildman–Crippen LogP) is 1.93. The van der Waals surface area contributed by atoms with Gasteiger partial charge >= 0.3 is 0 Å². The molecular formula is C11H16O2S. The van der Waals surface area contributed by atoms with Crippen molar-refractivity contribution >= 4 is 11.8 Å². The van der Waals surface area contributed by atoms with Crippen LogP contribution in [0.2, 0.25) is 0 Å². The first-order valence-corrected chi connectivity index (χ1v) is 5.89. The van der Waals surface area contributed by atoms with Crippen molar-refractivity contribution in [2.24, 2.45) is 0 Å². The Balaban J connectivity index is 1.99. The summed E-state index contributed by atoms with van der Waals surface area (Å²) in [6, 6.07) is 10.4. The van der Waals surface area contributed by atoms with Crippen molar-refractivity contribution < 1.29 is 9.84 Å². The fourth-order valence-electron chi connectivity index (χ4n) is 1.05. The van der Waals surface area contributed by atoms with Crippen molar-refractivity contribution in [3.8, 4) is 0 Å². The van der Waals surface area contributed by atoms with Crippen LogP contribution in [0.4, 0.5) is 0 Å². The Labute approximate surface area is 89.3 Å². The van der Waals surface area contributed by atoms with E-state index in [1.165, 1.54) is 5.56 Å².